The Bertz CT molecular complexity index is 1530. The lowest BCUT2D eigenvalue weighted by Crippen LogP contribution is -2.44. The van der Waals surface area contributed by atoms with Crippen LogP contribution in [0.3, 0.4) is 0 Å². The second kappa shape index (κ2) is 11.6. The van der Waals surface area contributed by atoms with Crippen molar-refractivity contribution in [2.24, 2.45) is 7.05 Å². The van der Waals surface area contributed by atoms with Crippen LogP contribution in [0.2, 0.25) is 0 Å². The predicted molar refractivity (Wildman–Crippen MR) is 153 cm³/mol. The first-order chi connectivity index (χ1) is 19.6. The van der Waals surface area contributed by atoms with Gasteiger partial charge in [0.1, 0.15) is 11.6 Å². The molecule has 4 N–H and O–H groups in total. The van der Waals surface area contributed by atoms with Crippen LogP contribution in [-0.2, 0) is 19.8 Å². The number of nitrogens with zero attached hydrogens (tertiary/aromatic N) is 5. The second-order valence-corrected chi connectivity index (χ2v) is 10.1. The first-order valence-corrected chi connectivity index (χ1v) is 13.1. The van der Waals surface area contributed by atoms with Gasteiger partial charge in [-0.1, -0.05) is 30.3 Å². The predicted octanol–water partition coefficient (Wildman–Crippen LogP) is 5.14. The summed E-state index contributed by atoms with van der Waals surface area (Å²) in [5.74, 6) is 1.28. The number of rotatable bonds is 6. The number of aryl methyl sites for hydroxylation is 1. The van der Waals surface area contributed by atoms with Gasteiger partial charge in [0, 0.05) is 69.0 Å². The summed E-state index contributed by atoms with van der Waals surface area (Å²) >= 11 is 0. The number of halogens is 3. The number of nitrogens with two attached hydrogens (primary N) is 1. The zero-order valence-corrected chi connectivity index (χ0v) is 22.7. The van der Waals surface area contributed by atoms with Gasteiger partial charge in [-0.15, -0.1) is 0 Å². The molecule has 2 aromatic heterocycles. The lowest BCUT2D eigenvalue weighted by Gasteiger charge is -2.33. The maximum atomic E-state index is 13.9. The Kier molecular flexibility index (Phi) is 7.95. The molecule has 0 spiro atoms. The fourth-order valence-corrected chi connectivity index (χ4v) is 4.84. The highest BCUT2D eigenvalue weighted by atomic mass is 19.4. The number of amides is 2. The summed E-state index contributed by atoms with van der Waals surface area (Å²) in [7, 11) is 3.78. The van der Waals surface area contributed by atoms with Crippen LogP contribution in [0.25, 0.3) is 22.5 Å². The highest BCUT2D eigenvalue weighted by molar-refractivity contribution is 5.99. The van der Waals surface area contributed by atoms with Gasteiger partial charge in [0.25, 0.3) is 0 Å². The quantitative estimate of drug-likeness (QED) is 0.300. The minimum atomic E-state index is -4.55. The van der Waals surface area contributed by atoms with Crippen molar-refractivity contribution in [1.29, 1.82) is 0 Å². The summed E-state index contributed by atoms with van der Waals surface area (Å²) < 4.78 is 43.5. The molecular formula is C29H31F3N8O. The average Bonchev–Trinajstić information content (AvgIpc) is 3.30. The molecule has 3 heterocycles. The maximum absolute atomic E-state index is 13.9. The number of aromatic nitrogens is 3. The lowest BCUT2D eigenvalue weighted by molar-refractivity contribution is -0.138. The summed E-state index contributed by atoms with van der Waals surface area (Å²) in [5.41, 5.74) is 7.96. The maximum Gasteiger partial charge on any atom is 0.416 e. The second-order valence-electron chi connectivity index (χ2n) is 10.1. The number of anilines is 3. The molecule has 0 unspecified atom stereocenters. The van der Waals surface area contributed by atoms with Crippen LogP contribution in [0, 0.1) is 0 Å². The molecule has 2 aromatic carbocycles. The van der Waals surface area contributed by atoms with E-state index in [1.807, 2.05) is 48.3 Å². The molecule has 214 valence electrons. The van der Waals surface area contributed by atoms with Crippen LogP contribution >= 0.6 is 0 Å². The van der Waals surface area contributed by atoms with E-state index >= 15 is 0 Å². The van der Waals surface area contributed by atoms with E-state index < -0.39 is 17.8 Å². The number of benzene rings is 2. The molecule has 0 aliphatic carbocycles. The smallest absolute Gasteiger partial charge is 0.383 e. The fraction of sp³-hybridized carbons (Fsp3) is 0.276. The number of urea groups is 1. The van der Waals surface area contributed by atoms with Crippen LogP contribution in [0.5, 0.6) is 0 Å². The Morgan fingerprint density at radius 2 is 1.68 bits per heavy atom. The largest absolute Gasteiger partial charge is 0.416 e. The van der Waals surface area contributed by atoms with E-state index in [1.54, 1.807) is 24.0 Å². The monoisotopic (exact) mass is 564 g/mol. The summed E-state index contributed by atoms with van der Waals surface area (Å²) in [4.78, 5) is 25.4. The van der Waals surface area contributed by atoms with Crippen molar-refractivity contribution in [1.82, 2.24) is 24.3 Å². The van der Waals surface area contributed by atoms with Gasteiger partial charge in [-0.3, -0.25) is 10.2 Å². The first-order valence-electron chi connectivity index (χ1n) is 13.1. The molecule has 1 aliphatic rings. The molecule has 4 aromatic rings. The third-order valence-corrected chi connectivity index (χ3v) is 7.07. The normalized spacial score (nSPS) is 14.7. The number of likely N-dealkylation sites (N-methyl/N-ethyl adjacent to an activating group) is 1. The highest BCUT2D eigenvalue weighted by Gasteiger charge is 2.34. The Labute approximate surface area is 235 Å². The zero-order valence-electron chi connectivity index (χ0n) is 22.7. The first kappa shape index (κ1) is 28.1. The summed E-state index contributed by atoms with van der Waals surface area (Å²) in [6.45, 7) is 3.21. The summed E-state index contributed by atoms with van der Waals surface area (Å²) in [5, 5.41) is 5.11. The van der Waals surface area contributed by atoms with Gasteiger partial charge < -0.3 is 20.5 Å². The molecule has 5 rings (SSSR count). The molecule has 1 fully saturated rings. The Hall–Kier alpha value is -4.42. The molecule has 0 radical (unpaired) electrons. The van der Waals surface area contributed by atoms with Crippen molar-refractivity contribution in [3.8, 4) is 22.5 Å². The number of imidazole rings is 1. The summed E-state index contributed by atoms with van der Waals surface area (Å²) in [6, 6.07) is 14.5. The molecular weight excluding hydrogens is 533 g/mol. The van der Waals surface area contributed by atoms with Crippen LogP contribution in [0.4, 0.5) is 35.3 Å². The van der Waals surface area contributed by atoms with Crippen molar-refractivity contribution in [3.05, 3.63) is 78.1 Å². The molecule has 41 heavy (non-hydrogen) atoms. The van der Waals surface area contributed by atoms with E-state index in [2.05, 4.69) is 25.5 Å². The van der Waals surface area contributed by atoms with Gasteiger partial charge in [0.2, 0.25) is 0 Å². The topological polar surface area (TPSA) is 104 Å². The van der Waals surface area contributed by atoms with Crippen molar-refractivity contribution in [3.63, 3.8) is 0 Å². The molecule has 0 atom stereocenters. The lowest BCUT2D eigenvalue weighted by atomic mass is 10.0. The Balaban J connectivity index is 1.26. The van der Waals surface area contributed by atoms with Gasteiger partial charge >= 0.3 is 12.2 Å². The minimum absolute atomic E-state index is 0.0402. The van der Waals surface area contributed by atoms with Gasteiger partial charge in [-0.05, 0) is 42.4 Å². The molecule has 1 aliphatic heterocycles. The molecule has 1 saturated heterocycles. The van der Waals surface area contributed by atoms with E-state index in [4.69, 9.17) is 5.73 Å². The number of nitrogens with one attached hydrogen (secondary N) is 2. The minimum Gasteiger partial charge on any atom is -0.383 e. The SMILES string of the molecule is CN1CCN(Cc2ccc(NC(=O)Nc3cn(C)c(-c4ccc(-c5cccnc5N)cc4)n3)cc2C(F)(F)F)CC1. The molecule has 0 bridgehead atoms. The molecule has 9 nitrogen and oxygen atoms in total. The average molecular weight is 565 g/mol. The van der Waals surface area contributed by atoms with E-state index in [1.165, 1.54) is 12.1 Å². The molecule has 2 amide bonds. The summed E-state index contributed by atoms with van der Waals surface area (Å²) in [6.07, 6.45) is -1.29. The van der Waals surface area contributed by atoms with E-state index in [0.29, 0.717) is 24.7 Å². The van der Waals surface area contributed by atoms with Gasteiger partial charge in [-0.2, -0.15) is 13.2 Å². The fourth-order valence-electron chi connectivity index (χ4n) is 4.84. The van der Waals surface area contributed by atoms with Gasteiger partial charge in [0.05, 0.1) is 5.56 Å². The third-order valence-electron chi connectivity index (χ3n) is 7.07. The van der Waals surface area contributed by atoms with Crippen molar-refractivity contribution >= 4 is 23.4 Å². The van der Waals surface area contributed by atoms with Crippen molar-refractivity contribution in [2.75, 3.05) is 49.6 Å². The number of carbonyl (C=O) groups is 1. The number of hydrogen-bond donors (Lipinski definition) is 3. The number of piperazine rings is 1. The Morgan fingerprint density at radius 1 is 0.976 bits per heavy atom. The van der Waals surface area contributed by atoms with E-state index in [0.717, 1.165) is 35.8 Å². The van der Waals surface area contributed by atoms with Crippen LogP contribution in [-0.4, -0.2) is 63.6 Å². The van der Waals surface area contributed by atoms with Gasteiger partial charge in [-0.25, -0.2) is 14.8 Å². The molecule has 12 heteroatoms. The number of nitrogen functional groups attached to an aromatic ring is 1. The number of alkyl halides is 3. The van der Waals surface area contributed by atoms with Gasteiger partial charge in [0.15, 0.2) is 5.82 Å². The van der Waals surface area contributed by atoms with E-state index in [-0.39, 0.29) is 23.6 Å². The zero-order chi connectivity index (χ0) is 29.1. The standard InChI is InChI=1S/C29H31F3N8O/c1-38-12-14-40(15-13-38)17-21-9-10-22(16-24(21)29(30,31)32)35-28(41)37-25-18-39(2)27(36-25)20-7-5-19(6-8-20)23-4-3-11-34-26(23)33/h3-11,16,18H,12-15,17H2,1-2H3,(H2,33,34)(H2,35,37,41). The van der Waals surface area contributed by atoms with E-state index in [9.17, 15) is 18.0 Å². The van der Waals surface area contributed by atoms with Crippen LogP contribution in [0.1, 0.15) is 11.1 Å². The third kappa shape index (κ3) is 6.67. The number of hydrogen-bond acceptors (Lipinski definition) is 6. The number of pyridine rings is 1. The van der Waals surface area contributed by atoms with Crippen molar-refractivity contribution in [2.45, 2.75) is 12.7 Å². The molecule has 0 saturated carbocycles. The Morgan fingerprint density at radius 3 is 2.37 bits per heavy atom. The van der Waals surface area contributed by atoms with Crippen LogP contribution < -0.4 is 16.4 Å². The van der Waals surface area contributed by atoms with Crippen LogP contribution in [0.15, 0.2) is 67.0 Å². The highest BCUT2D eigenvalue weighted by Crippen LogP contribution is 2.35. The van der Waals surface area contributed by atoms with Crippen molar-refractivity contribution < 1.29 is 18.0 Å². The number of carbonyl (C=O) groups excluding carboxylic acids is 1.